The maximum absolute atomic E-state index is 13.7. The first-order valence-electron chi connectivity index (χ1n) is 18.4. The number of imidazole rings is 2. The number of hydrogen-bond acceptors (Lipinski definition) is 9. The van der Waals surface area contributed by atoms with E-state index in [-0.39, 0.29) is 43.9 Å². The molecule has 0 saturated carbocycles. The summed E-state index contributed by atoms with van der Waals surface area (Å²) in [4.78, 5) is 58.5. The summed E-state index contributed by atoms with van der Waals surface area (Å²) in [5.74, 6) is 1.83. The molecule has 3 N–H and O–H groups in total. The Labute approximate surface area is 314 Å². The minimum absolute atomic E-state index is 0.00866. The maximum atomic E-state index is 13.7. The molecular formula is C40H47N7O7. The third-order valence-electron chi connectivity index (χ3n) is 9.79. The van der Waals surface area contributed by atoms with Crippen molar-refractivity contribution in [2.75, 3.05) is 40.0 Å². The number of nitrogens with one attached hydrogen (secondary N) is 3. The molecule has 3 atom stereocenters. The number of amides is 3. The second-order valence-corrected chi connectivity index (χ2v) is 14.7. The lowest BCUT2D eigenvalue weighted by Gasteiger charge is -2.28. The summed E-state index contributed by atoms with van der Waals surface area (Å²) >= 11 is 0. The minimum Gasteiger partial charge on any atom is -0.489 e. The SMILES string of the molecule is COC(=O)NC1COC/C=C\COc2cc(-c3ccc(-c4c[nH]c(C5CCCN5C(=O)OC(C)(C)C)n4)cc3)ccc2-c2c[nH]c(n2)C2CCCN2C1=O. The zero-order valence-electron chi connectivity index (χ0n) is 31.1. The van der Waals surface area contributed by atoms with Gasteiger partial charge in [0.25, 0.3) is 0 Å². The van der Waals surface area contributed by atoms with Gasteiger partial charge in [-0.1, -0.05) is 36.4 Å². The van der Waals surface area contributed by atoms with E-state index in [0.29, 0.717) is 30.4 Å². The Morgan fingerprint density at radius 1 is 0.870 bits per heavy atom. The van der Waals surface area contributed by atoms with Crippen molar-refractivity contribution in [3.05, 3.63) is 78.7 Å². The summed E-state index contributed by atoms with van der Waals surface area (Å²) < 4.78 is 22.5. The van der Waals surface area contributed by atoms with Crippen LogP contribution in [0.25, 0.3) is 33.6 Å². The van der Waals surface area contributed by atoms with Crippen LogP contribution < -0.4 is 10.1 Å². The van der Waals surface area contributed by atoms with Crippen LogP contribution in [0.4, 0.5) is 9.59 Å². The number of hydrogen-bond donors (Lipinski definition) is 3. The van der Waals surface area contributed by atoms with E-state index in [1.165, 1.54) is 7.11 Å². The van der Waals surface area contributed by atoms with E-state index >= 15 is 0 Å². The Bertz CT molecular complexity index is 2000. The molecule has 3 unspecified atom stereocenters. The number of carbonyl (C=O) groups is 3. The Morgan fingerprint density at radius 2 is 1.54 bits per heavy atom. The van der Waals surface area contributed by atoms with Crippen LogP contribution in [0.15, 0.2) is 67.0 Å². The molecule has 0 aliphatic carbocycles. The highest BCUT2D eigenvalue weighted by molar-refractivity contribution is 5.86. The van der Waals surface area contributed by atoms with Crippen molar-refractivity contribution < 1.29 is 33.3 Å². The normalized spacial score (nSPS) is 21.2. The number of aromatic nitrogens is 4. The Kier molecular flexibility index (Phi) is 10.7. The van der Waals surface area contributed by atoms with Crippen molar-refractivity contribution in [3.63, 3.8) is 0 Å². The smallest absolute Gasteiger partial charge is 0.410 e. The third-order valence-corrected chi connectivity index (χ3v) is 9.79. The van der Waals surface area contributed by atoms with Crippen LogP contribution in [0.3, 0.4) is 0 Å². The summed E-state index contributed by atoms with van der Waals surface area (Å²) in [6, 6.07) is 12.9. The van der Waals surface area contributed by atoms with Gasteiger partial charge in [-0.15, -0.1) is 0 Å². The lowest BCUT2D eigenvalue weighted by atomic mass is 10.00. The van der Waals surface area contributed by atoms with Crippen molar-refractivity contribution in [2.45, 2.75) is 70.2 Å². The molecule has 0 spiro atoms. The standard InChI is InChI=1S/C40H47N7O7/c1-40(2,3)54-39(50)47-18-8-10-33(47)36-41-22-29(43-36)26-13-11-25(12-14-26)27-15-16-28-30-23-42-35(44-30)32-9-7-17-46(32)37(48)31(45-38(49)51-4)24-52-19-5-6-20-53-34(28)21-27/h5-6,11-16,21-23,31-33H,7-10,17-20,24H2,1-4H3,(H,41,43)(H,42,44)(H,45,49)/b6-5-. The Morgan fingerprint density at radius 3 is 2.31 bits per heavy atom. The first-order valence-corrected chi connectivity index (χ1v) is 18.4. The molecule has 7 rings (SSSR count). The second kappa shape index (κ2) is 15.8. The van der Waals surface area contributed by atoms with E-state index in [1.807, 2.05) is 75.6 Å². The van der Waals surface area contributed by atoms with Crippen molar-refractivity contribution in [2.24, 2.45) is 0 Å². The molecule has 14 nitrogen and oxygen atoms in total. The van der Waals surface area contributed by atoms with E-state index in [9.17, 15) is 14.4 Å². The number of carbonyl (C=O) groups excluding carboxylic acids is 3. The lowest BCUT2D eigenvalue weighted by Crippen LogP contribution is -2.50. The molecular weight excluding hydrogens is 690 g/mol. The van der Waals surface area contributed by atoms with Gasteiger partial charge in [-0.25, -0.2) is 19.6 Å². The summed E-state index contributed by atoms with van der Waals surface area (Å²) in [6.45, 7) is 7.30. The number of benzene rings is 2. The lowest BCUT2D eigenvalue weighted by molar-refractivity contribution is -0.135. The number of H-pyrrole nitrogens is 2. The highest BCUT2D eigenvalue weighted by atomic mass is 16.6. The zero-order valence-corrected chi connectivity index (χ0v) is 31.1. The maximum Gasteiger partial charge on any atom is 0.410 e. The Balaban J connectivity index is 1.11. The van der Waals surface area contributed by atoms with E-state index in [1.54, 1.807) is 9.80 Å². The van der Waals surface area contributed by atoms with Crippen molar-refractivity contribution >= 4 is 18.1 Å². The second-order valence-electron chi connectivity index (χ2n) is 14.7. The fraction of sp³-hybridized carbons (Fsp3) is 0.425. The average molecular weight is 738 g/mol. The number of ether oxygens (including phenoxy) is 4. The average Bonchev–Trinajstić information content (AvgIpc) is 3.99. The number of methoxy groups -OCH3 is 1. The number of fused-ring (bicyclic) bond motifs is 6. The van der Waals surface area contributed by atoms with Gasteiger partial charge < -0.3 is 39.1 Å². The van der Waals surface area contributed by atoms with Gasteiger partial charge in [0.1, 0.15) is 35.6 Å². The van der Waals surface area contributed by atoms with Gasteiger partial charge in [0, 0.05) is 36.6 Å². The van der Waals surface area contributed by atoms with E-state index in [2.05, 4.69) is 27.4 Å². The zero-order chi connectivity index (χ0) is 37.8. The minimum atomic E-state index is -0.899. The Hall–Kier alpha value is -5.63. The van der Waals surface area contributed by atoms with Crippen molar-refractivity contribution in [1.29, 1.82) is 0 Å². The van der Waals surface area contributed by atoms with Crippen LogP contribution in [-0.2, 0) is 19.0 Å². The van der Waals surface area contributed by atoms with Gasteiger partial charge in [-0.2, -0.15) is 0 Å². The van der Waals surface area contributed by atoms with Crippen LogP contribution in [0, 0.1) is 0 Å². The predicted octanol–water partition coefficient (Wildman–Crippen LogP) is 6.56. The molecule has 54 heavy (non-hydrogen) atoms. The van der Waals surface area contributed by atoms with Gasteiger partial charge in [0.2, 0.25) is 5.91 Å². The first kappa shape index (κ1) is 36.7. The number of likely N-dealkylation sites (tertiary alicyclic amines) is 1. The van der Waals surface area contributed by atoms with Crippen molar-refractivity contribution in [1.82, 2.24) is 35.1 Å². The molecule has 3 amide bonds. The monoisotopic (exact) mass is 737 g/mol. The number of alkyl carbamates (subject to hydrolysis) is 1. The molecule has 3 aliphatic rings. The quantitative estimate of drug-likeness (QED) is 0.197. The largest absolute Gasteiger partial charge is 0.489 e. The number of aromatic amines is 2. The van der Waals surface area contributed by atoms with Crippen LogP contribution in [0.2, 0.25) is 0 Å². The van der Waals surface area contributed by atoms with Crippen LogP contribution in [0.1, 0.15) is 70.2 Å². The van der Waals surface area contributed by atoms with E-state index in [4.69, 9.17) is 28.9 Å². The molecule has 14 heteroatoms. The molecule has 284 valence electrons. The van der Waals surface area contributed by atoms with Crippen LogP contribution in [0.5, 0.6) is 5.75 Å². The summed E-state index contributed by atoms with van der Waals surface area (Å²) in [6.07, 6.45) is 9.63. The fourth-order valence-corrected chi connectivity index (χ4v) is 7.18. The summed E-state index contributed by atoms with van der Waals surface area (Å²) in [5, 5.41) is 2.62. The molecule has 0 radical (unpaired) electrons. The molecule has 2 saturated heterocycles. The van der Waals surface area contributed by atoms with Gasteiger partial charge in [-0.05, 0) is 75.8 Å². The van der Waals surface area contributed by atoms with Gasteiger partial charge in [0.15, 0.2) is 0 Å². The first-order chi connectivity index (χ1) is 26.1. The topological polar surface area (TPSA) is 164 Å². The van der Waals surface area contributed by atoms with Gasteiger partial charge in [0.05, 0.1) is 43.8 Å². The molecule has 2 aromatic carbocycles. The molecule has 5 heterocycles. The molecule has 2 fully saturated rings. The van der Waals surface area contributed by atoms with Crippen LogP contribution in [-0.4, -0.2) is 99.5 Å². The summed E-state index contributed by atoms with van der Waals surface area (Å²) in [5.41, 5.74) is 4.67. The number of nitrogens with zero attached hydrogens (tertiary/aromatic N) is 4. The van der Waals surface area contributed by atoms with E-state index < -0.39 is 17.7 Å². The highest BCUT2D eigenvalue weighted by Crippen LogP contribution is 2.38. The van der Waals surface area contributed by atoms with E-state index in [0.717, 1.165) is 59.5 Å². The number of rotatable bonds is 4. The molecule has 3 aliphatic heterocycles. The summed E-state index contributed by atoms with van der Waals surface area (Å²) in [7, 11) is 1.26. The fourth-order valence-electron chi connectivity index (χ4n) is 7.18. The highest BCUT2D eigenvalue weighted by Gasteiger charge is 2.37. The van der Waals surface area contributed by atoms with Gasteiger partial charge >= 0.3 is 12.2 Å². The predicted molar refractivity (Wildman–Crippen MR) is 200 cm³/mol. The molecule has 2 aromatic heterocycles. The molecule has 4 aromatic rings. The van der Waals surface area contributed by atoms with Crippen molar-refractivity contribution in [3.8, 4) is 39.4 Å². The van der Waals surface area contributed by atoms with Gasteiger partial charge in [-0.3, -0.25) is 9.69 Å². The molecule has 2 bridgehead atoms. The third kappa shape index (κ3) is 8.13. The van der Waals surface area contributed by atoms with Crippen LogP contribution >= 0.6 is 0 Å².